The van der Waals surface area contributed by atoms with Gasteiger partial charge in [-0.05, 0) is 42.0 Å². The second kappa shape index (κ2) is 5.93. The van der Waals surface area contributed by atoms with E-state index in [0.717, 1.165) is 17.7 Å². The number of carbonyl (C=O) groups is 2. The summed E-state index contributed by atoms with van der Waals surface area (Å²) >= 11 is 0. The van der Waals surface area contributed by atoms with Crippen LogP contribution in [-0.4, -0.2) is 11.9 Å². The van der Waals surface area contributed by atoms with Gasteiger partial charge in [0, 0.05) is 0 Å². The third kappa shape index (κ3) is 3.17. The van der Waals surface area contributed by atoms with Crippen molar-refractivity contribution in [3.63, 3.8) is 0 Å². The topological polar surface area (TPSA) is 43.4 Å². The van der Waals surface area contributed by atoms with Crippen molar-refractivity contribution in [2.45, 2.75) is 0 Å². The van der Waals surface area contributed by atoms with E-state index >= 15 is 0 Å². The summed E-state index contributed by atoms with van der Waals surface area (Å²) < 4.78 is 17.4. The minimum absolute atomic E-state index is 0.113. The van der Waals surface area contributed by atoms with Gasteiger partial charge in [0.2, 0.25) is 0 Å². The second-order valence-electron chi connectivity index (χ2n) is 4.01. The Hall–Kier alpha value is -2.75. The van der Waals surface area contributed by atoms with Crippen LogP contribution in [0.5, 0.6) is 0 Å². The first-order valence-corrected chi connectivity index (χ1v) is 5.85. The van der Waals surface area contributed by atoms with Crippen molar-refractivity contribution in [1.29, 1.82) is 0 Å². The molecular formula is C16H11FO3. The van der Waals surface area contributed by atoms with Crippen LogP contribution in [0.4, 0.5) is 4.39 Å². The molecular weight excluding hydrogens is 259 g/mol. The zero-order valence-corrected chi connectivity index (χ0v) is 10.5. The molecule has 0 aliphatic rings. The smallest absolute Gasteiger partial charge is 0.346 e. The maximum Gasteiger partial charge on any atom is 0.346 e. The Morgan fingerprint density at radius 2 is 1.35 bits per heavy atom. The number of rotatable bonds is 3. The van der Waals surface area contributed by atoms with Crippen LogP contribution in [0.15, 0.2) is 55.1 Å². The number of esters is 2. The van der Waals surface area contributed by atoms with E-state index in [2.05, 4.69) is 6.58 Å². The number of hydrogen-bond acceptors (Lipinski definition) is 3. The average molecular weight is 270 g/mol. The van der Waals surface area contributed by atoms with Gasteiger partial charge in [-0.15, -0.1) is 0 Å². The van der Waals surface area contributed by atoms with Crippen molar-refractivity contribution in [2.75, 3.05) is 0 Å². The molecule has 2 rings (SSSR count). The molecule has 0 unspecified atom stereocenters. The highest BCUT2D eigenvalue weighted by atomic mass is 19.1. The first-order chi connectivity index (χ1) is 9.60. The monoisotopic (exact) mass is 270 g/mol. The quantitative estimate of drug-likeness (QED) is 0.633. The van der Waals surface area contributed by atoms with Gasteiger partial charge in [-0.25, -0.2) is 14.0 Å². The molecule has 0 spiro atoms. The highest BCUT2D eigenvalue weighted by Crippen LogP contribution is 2.10. The van der Waals surface area contributed by atoms with Gasteiger partial charge in [0.1, 0.15) is 5.82 Å². The van der Waals surface area contributed by atoms with Gasteiger partial charge in [0.15, 0.2) is 0 Å². The molecule has 0 radical (unpaired) electrons. The van der Waals surface area contributed by atoms with Crippen molar-refractivity contribution in [2.24, 2.45) is 0 Å². The van der Waals surface area contributed by atoms with E-state index in [9.17, 15) is 14.0 Å². The third-order valence-corrected chi connectivity index (χ3v) is 2.65. The molecule has 3 nitrogen and oxygen atoms in total. The minimum Gasteiger partial charge on any atom is -0.386 e. The Kier molecular flexibility index (Phi) is 4.05. The summed E-state index contributed by atoms with van der Waals surface area (Å²) in [5.41, 5.74) is 1.22. The minimum atomic E-state index is -0.817. The van der Waals surface area contributed by atoms with Crippen LogP contribution < -0.4 is 0 Å². The lowest BCUT2D eigenvalue weighted by Crippen LogP contribution is -2.12. The Morgan fingerprint density at radius 1 is 0.900 bits per heavy atom. The van der Waals surface area contributed by atoms with Crippen LogP contribution in [0.3, 0.4) is 0 Å². The fourth-order valence-corrected chi connectivity index (χ4v) is 1.54. The molecule has 0 fully saturated rings. The first kappa shape index (κ1) is 13.7. The molecule has 2 aromatic rings. The highest BCUT2D eigenvalue weighted by molar-refractivity contribution is 6.02. The Balaban J connectivity index is 2.08. The van der Waals surface area contributed by atoms with Crippen LogP contribution in [0, 0.1) is 5.82 Å². The SMILES string of the molecule is C=Cc1ccc(C(=O)OC(=O)c2ccc(F)cc2)cc1. The zero-order valence-electron chi connectivity index (χ0n) is 10.5. The lowest BCUT2D eigenvalue weighted by Gasteiger charge is -2.03. The number of hydrogen-bond donors (Lipinski definition) is 0. The van der Waals surface area contributed by atoms with E-state index in [1.807, 2.05) is 0 Å². The Labute approximate surface area is 115 Å². The van der Waals surface area contributed by atoms with Gasteiger partial charge in [0.05, 0.1) is 11.1 Å². The summed E-state index contributed by atoms with van der Waals surface area (Å²) in [5, 5.41) is 0. The number of ether oxygens (including phenoxy) is 1. The van der Waals surface area contributed by atoms with Crippen LogP contribution in [0.2, 0.25) is 0 Å². The molecule has 0 heterocycles. The predicted octanol–water partition coefficient (Wildman–Crippen LogP) is 3.47. The average Bonchev–Trinajstić information content (AvgIpc) is 2.48. The third-order valence-electron chi connectivity index (χ3n) is 2.65. The molecule has 2 aromatic carbocycles. The van der Waals surface area contributed by atoms with Crippen LogP contribution in [-0.2, 0) is 4.74 Å². The van der Waals surface area contributed by atoms with E-state index in [1.54, 1.807) is 18.2 Å². The molecule has 0 atom stereocenters. The molecule has 0 amide bonds. The summed E-state index contributed by atoms with van der Waals surface area (Å²) in [4.78, 5) is 23.4. The van der Waals surface area contributed by atoms with Gasteiger partial charge in [-0.1, -0.05) is 24.8 Å². The molecule has 0 N–H and O–H groups in total. The largest absolute Gasteiger partial charge is 0.386 e. The van der Waals surface area contributed by atoms with E-state index in [4.69, 9.17) is 4.74 Å². The summed E-state index contributed by atoms with van der Waals surface area (Å²) in [6, 6.07) is 11.2. The van der Waals surface area contributed by atoms with Crippen molar-refractivity contribution >= 4 is 18.0 Å². The van der Waals surface area contributed by atoms with Crippen molar-refractivity contribution < 1.29 is 18.7 Å². The zero-order chi connectivity index (χ0) is 14.5. The Morgan fingerprint density at radius 3 is 1.80 bits per heavy atom. The van der Waals surface area contributed by atoms with Crippen molar-refractivity contribution in [3.8, 4) is 0 Å². The summed E-state index contributed by atoms with van der Waals surface area (Å²) in [6.45, 7) is 3.60. The summed E-state index contributed by atoms with van der Waals surface area (Å²) in [7, 11) is 0. The normalized spacial score (nSPS) is 9.85. The van der Waals surface area contributed by atoms with Gasteiger partial charge in [-0.3, -0.25) is 0 Å². The van der Waals surface area contributed by atoms with Crippen LogP contribution >= 0.6 is 0 Å². The van der Waals surface area contributed by atoms with E-state index in [1.165, 1.54) is 24.3 Å². The number of halogens is 1. The molecule has 100 valence electrons. The lowest BCUT2D eigenvalue weighted by molar-refractivity contribution is 0.0398. The van der Waals surface area contributed by atoms with Gasteiger partial charge < -0.3 is 4.74 Å². The predicted molar refractivity (Wildman–Crippen MR) is 72.7 cm³/mol. The van der Waals surface area contributed by atoms with E-state index < -0.39 is 17.8 Å². The van der Waals surface area contributed by atoms with E-state index in [0.29, 0.717) is 0 Å². The number of benzene rings is 2. The molecule has 0 aromatic heterocycles. The molecule has 0 aliphatic heterocycles. The first-order valence-electron chi connectivity index (χ1n) is 5.85. The molecule has 0 aliphatic carbocycles. The summed E-state index contributed by atoms with van der Waals surface area (Å²) in [5.74, 6) is -2.04. The molecule has 0 bridgehead atoms. The van der Waals surface area contributed by atoms with Crippen LogP contribution in [0.1, 0.15) is 26.3 Å². The molecule has 4 heteroatoms. The fraction of sp³-hybridized carbons (Fsp3) is 0. The maximum atomic E-state index is 12.7. The molecule has 0 saturated heterocycles. The van der Waals surface area contributed by atoms with Crippen LogP contribution in [0.25, 0.3) is 6.08 Å². The Bertz CT molecular complexity index is 642. The van der Waals surface area contributed by atoms with Crippen molar-refractivity contribution in [3.05, 3.63) is 77.6 Å². The standard InChI is InChI=1S/C16H11FO3/c1-2-11-3-5-12(6-4-11)15(18)20-16(19)13-7-9-14(17)10-8-13/h2-10H,1H2. The lowest BCUT2D eigenvalue weighted by atomic mass is 10.1. The second-order valence-corrected chi connectivity index (χ2v) is 4.01. The summed E-state index contributed by atoms with van der Waals surface area (Å²) in [6.07, 6.45) is 1.64. The molecule has 0 saturated carbocycles. The van der Waals surface area contributed by atoms with Gasteiger partial charge >= 0.3 is 11.9 Å². The fourth-order valence-electron chi connectivity index (χ4n) is 1.54. The highest BCUT2D eigenvalue weighted by Gasteiger charge is 2.14. The van der Waals surface area contributed by atoms with Gasteiger partial charge in [0.25, 0.3) is 0 Å². The van der Waals surface area contributed by atoms with Crippen molar-refractivity contribution in [1.82, 2.24) is 0 Å². The van der Waals surface area contributed by atoms with E-state index in [-0.39, 0.29) is 11.1 Å². The molecule has 20 heavy (non-hydrogen) atoms. The number of carbonyl (C=O) groups excluding carboxylic acids is 2. The maximum absolute atomic E-state index is 12.7. The van der Waals surface area contributed by atoms with Gasteiger partial charge in [-0.2, -0.15) is 0 Å².